The molecule has 0 saturated heterocycles. The van der Waals surface area contributed by atoms with Gasteiger partial charge in [-0.15, -0.1) is 0 Å². The van der Waals surface area contributed by atoms with Gasteiger partial charge in [0.15, 0.2) is 0 Å². The molecule has 1 aromatic heterocycles. The van der Waals surface area contributed by atoms with Crippen molar-refractivity contribution in [2.45, 2.75) is 13.0 Å². The van der Waals surface area contributed by atoms with Gasteiger partial charge in [-0.1, -0.05) is 54.1 Å². The maximum Gasteiger partial charge on any atom is 0.227 e. The molecule has 128 valence electrons. The van der Waals surface area contributed by atoms with Crippen LogP contribution in [0.2, 0.25) is 5.02 Å². The predicted octanol–water partition coefficient (Wildman–Crippen LogP) is 4.42. The highest BCUT2D eigenvalue weighted by Gasteiger charge is 2.06. The zero-order chi connectivity index (χ0) is 17.5. The van der Waals surface area contributed by atoms with E-state index in [9.17, 15) is 0 Å². The molecular formula is C20H21ClN4. The van der Waals surface area contributed by atoms with Crippen molar-refractivity contribution in [3.05, 3.63) is 83.0 Å². The van der Waals surface area contributed by atoms with E-state index in [1.807, 2.05) is 54.4 Å². The minimum atomic E-state index is 0.705. The smallest absolute Gasteiger partial charge is 0.227 e. The quantitative estimate of drug-likeness (QED) is 0.683. The Labute approximate surface area is 153 Å². The van der Waals surface area contributed by atoms with Gasteiger partial charge in [0.2, 0.25) is 5.95 Å². The van der Waals surface area contributed by atoms with Crippen LogP contribution in [0.1, 0.15) is 11.1 Å². The summed E-state index contributed by atoms with van der Waals surface area (Å²) in [4.78, 5) is 11.0. The summed E-state index contributed by atoms with van der Waals surface area (Å²) in [5.74, 6) is 1.53. The molecule has 0 aliphatic rings. The number of anilines is 2. The molecule has 1 N–H and O–H groups in total. The van der Waals surface area contributed by atoms with E-state index in [0.717, 1.165) is 30.4 Å². The van der Waals surface area contributed by atoms with Crippen molar-refractivity contribution in [3.63, 3.8) is 0 Å². The number of nitrogens with one attached hydrogen (secondary N) is 1. The number of nitrogens with zero attached hydrogens (tertiary/aromatic N) is 3. The van der Waals surface area contributed by atoms with Crippen LogP contribution in [0.3, 0.4) is 0 Å². The highest BCUT2D eigenvalue weighted by Crippen LogP contribution is 2.14. The molecule has 0 amide bonds. The van der Waals surface area contributed by atoms with Crippen molar-refractivity contribution >= 4 is 23.4 Å². The predicted molar refractivity (Wildman–Crippen MR) is 104 cm³/mol. The van der Waals surface area contributed by atoms with Crippen LogP contribution in [-0.4, -0.2) is 23.6 Å². The molecule has 5 heteroatoms. The normalized spacial score (nSPS) is 10.5. The summed E-state index contributed by atoms with van der Waals surface area (Å²) < 4.78 is 0. The van der Waals surface area contributed by atoms with Crippen LogP contribution in [0, 0.1) is 0 Å². The van der Waals surface area contributed by atoms with Gasteiger partial charge in [-0.25, -0.2) is 4.98 Å². The van der Waals surface area contributed by atoms with E-state index in [4.69, 9.17) is 11.6 Å². The molecule has 0 atom stereocenters. The van der Waals surface area contributed by atoms with Gasteiger partial charge in [0.1, 0.15) is 5.82 Å². The zero-order valence-corrected chi connectivity index (χ0v) is 14.9. The lowest BCUT2D eigenvalue weighted by atomic mass is 10.1. The number of hydrogen-bond acceptors (Lipinski definition) is 4. The van der Waals surface area contributed by atoms with Gasteiger partial charge in [-0.05, 0) is 35.7 Å². The second kappa shape index (κ2) is 8.49. The van der Waals surface area contributed by atoms with Gasteiger partial charge in [-0.3, -0.25) is 0 Å². The minimum Gasteiger partial charge on any atom is -0.370 e. The number of aromatic nitrogens is 2. The SMILES string of the molecule is CN(Cc1ccccc1)c1nccc(NCCc2cccc(Cl)c2)n1. The van der Waals surface area contributed by atoms with E-state index >= 15 is 0 Å². The van der Waals surface area contributed by atoms with Crippen LogP contribution in [0.5, 0.6) is 0 Å². The molecule has 3 aromatic rings. The van der Waals surface area contributed by atoms with Gasteiger partial charge < -0.3 is 10.2 Å². The summed E-state index contributed by atoms with van der Waals surface area (Å²) in [5.41, 5.74) is 2.43. The van der Waals surface area contributed by atoms with Crippen LogP contribution in [0.25, 0.3) is 0 Å². The Morgan fingerprint density at radius 2 is 1.80 bits per heavy atom. The summed E-state index contributed by atoms with van der Waals surface area (Å²) in [6.07, 6.45) is 2.67. The molecule has 3 rings (SSSR count). The Bertz CT molecular complexity index is 808. The fraction of sp³-hybridized carbons (Fsp3) is 0.200. The average molecular weight is 353 g/mol. The fourth-order valence-electron chi connectivity index (χ4n) is 2.59. The molecule has 0 bridgehead atoms. The lowest BCUT2D eigenvalue weighted by molar-refractivity contribution is 0.864. The summed E-state index contributed by atoms with van der Waals surface area (Å²) in [7, 11) is 2.00. The Hall–Kier alpha value is -2.59. The molecule has 0 saturated carbocycles. The van der Waals surface area contributed by atoms with E-state index in [1.54, 1.807) is 6.20 Å². The van der Waals surface area contributed by atoms with Crippen LogP contribution in [-0.2, 0) is 13.0 Å². The molecular weight excluding hydrogens is 332 g/mol. The van der Waals surface area contributed by atoms with E-state index in [1.165, 1.54) is 11.1 Å². The highest BCUT2D eigenvalue weighted by molar-refractivity contribution is 6.30. The third kappa shape index (κ3) is 5.19. The van der Waals surface area contributed by atoms with Crippen molar-refractivity contribution in [3.8, 4) is 0 Å². The van der Waals surface area contributed by atoms with Gasteiger partial charge in [0.25, 0.3) is 0 Å². The summed E-state index contributed by atoms with van der Waals surface area (Å²) in [6.45, 7) is 1.56. The van der Waals surface area contributed by atoms with Gasteiger partial charge in [0.05, 0.1) is 0 Å². The zero-order valence-electron chi connectivity index (χ0n) is 14.2. The van der Waals surface area contributed by atoms with E-state index < -0.39 is 0 Å². The summed E-state index contributed by atoms with van der Waals surface area (Å²) >= 11 is 6.02. The van der Waals surface area contributed by atoms with Gasteiger partial charge in [-0.2, -0.15) is 4.98 Å². The van der Waals surface area contributed by atoms with Crippen molar-refractivity contribution < 1.29 is 0 Å². The van der Waals surface area contributed by atoms with Gasteiger partial charge >= 0.3 is 0 Å². The molecule has 0 fully saturated rings. The lowest BCUT2D eigenvalue weighted by Crippen LogP contribution is -2.19. The first kappa shape index (κ1) is 17.2. The first-order valence-corrected chi connectivity index (χ1v) is 8.65. The van der Waals surface area contributed by atoms with Crippen molar-refractivity contribution in [1.82, 2.24) is 9.97 Å². The molecule has 0 aliphatic heterocycles. The number of benzene rings is 2. The maximum atomic E-state index is 6.02. The fourth-order valence-corrected chi connectivity index (χ4v) is 2.80. The maximum absolute atomic E-state index is 6.02. The average Bonchev–Trinajstić information content (AvgIpc) is 2.63. The first-order chi connectivity index (χ1) is 12.2. The standard InChI is InChI=1S/C20H21ClN4/c1-25(15-17-6-3-2-4-7-17)20-23-13-11-19(24-20)22-12-10-16-8-5-9-18(21)14-16/h2-9,11,13-14H,10,12,15H2,1H3,(H,22,23,24). The number of hydrogen-bond donors (Lipinski definition) is 1. The third-order valence-electron chi connectivity index (χ3n) is 3.86. The molecule has 4 nitrogen and oxygen atoms in total. The molecule has 0 aliphatic carbocycles. The second-order valence-electron chi connectivity index (χ2n) is 5.89. The summed E-state index contributed by atoms with van der Waals surface area (Å²) in [5, 5.41) is 4.12. The topological polar surface area (TPSA) is 41.1 Å². The number of rotatable bonds is 7. The lowest BCUT2D eigenvalue weighted by Gasteiger charge is -2.17. The molecule has 0 radical (unpaired) electrons. The summed E-state index contributed by atoms with van der Waals surface area (Å²) in [6, 6.07) is 20.1. The van der Waals surface area contributed by atoms with Crippen LogP contribution in [0.15, 0.2) is 66.9 Å². The molecule has 25 heavy (non-hydrogen) atoms. The Kier molecular flexibility index (Phi) is 5.86. The Morgan fingerprint density at radius 3 is 2.60 bits per heavy atom. The second-order valence-corrected chi connectivity index (χ2v) is 6.33. The highest BCUT2D eigenvalue weighted by atomic mass is 35.5. The monoisotopic (exact) mass is 352 g/mol. The van der Waals surface area contributed by atoms with Crippen molar-refractivity contribution in [2.75, 3.05) is 23.8 Å². The van der Waals surface area contributed by atoms with Crippen molar-refractivity contribution in [2.24, 2.45) is 0 Å². The van der Waals surface area contributed by atoms with E-state index in [0.29, 0.717) is 5.95 Å². The van der Waals surface area contributed by atoms with E-state index in [-0.39, 0.29) is 0 Å². The molecule has 0 spiro atoms. The Balaban J connectivity index is 1.57. The van der Waals surface area contributed by atoms with E-state index in [2.05, 4.69) is 33.5 Å². The molecule has 2 aromatic carbocycles. The number of halogens is 1. The Morgan fingerprint density at radius 1 is 1.00 bits per heavy atom. The third-order valence-corrected chi connectivity index (χ3v) is 4.09. The van der Waals surface area contributed by atoms with Crippen LogP contribution < -0.4 is 10.2 Å². The largest absolute Gasteiger partial charge is 0.370 e. The van der Waals surface area contributed by atoms with Crippen LogP contribution >= 0.6 is 11.6 Å². The van der Waals surface area contributed by atoms with Gasteiger partial charge in [0, 0.05) is 31.4 Å². The molecule has 1 heterocycles. The van der Waals surface area contributed by atoms with Crippen LogP contribution in [0.4, 0.5) is 11.8 Å². The minimum absolute atomic E-state index is 0.705. The first-order valence-electron chi connectivity index (χ1n) is 8.27. The van der Waals surface area contributed by atoms with Crippen molar-refractivity contribution in [1.29, 1.82) is 0 Å². The molecule has 0 unspecified atom stereocenters.